The second-order valence-electron chi connectivity index (χ2n) is 14.1. The Bertz CT molecular complexity index is 2620. The number of carbonyl (C=O) groups excluding carboxylic acids is 4. The summed E-state index contributed by atoms with van der Waals surface area (Å²) in [6, 6.07) is 3.97. The molecule has 52 heavy (non-hydrogen) atoms. The van der Waals surface area contributed by atoms with Crippen molar-refractivity contribution in [2.45, 2.75) is 32.8 Å². The van der Waals surface area contributed by atoms with Crippen LogP contribution in [0, 0.1) is 11.8 Å². The van der Waals surface area contributed by atoms with E-state index in [2.05, 4.69) is 34.3 Å². The van der Waals surface area contributed by atoms with Crippen LogP contribution in [-0.2, 0) is 19.2 Å². The van der Waals surface area contributed by atoms with E-state index in [0.29, 0.717) is 34.3 Å². The first-order valence-electron chi connectivity index (χ1n) is 17.0. The smallest absolute Gasteiger partial charge is 0.201 e. The van der Waals surface area contributed by atoms with Crippen LogP contribution in [0.3, 0.4) is 0 Å². The molecule has 17 rings (SSSR count). The van der Waals surface area contributed by atoms with E-state index < -0.39 is 23.7 Å². The van der Waals surface area contributed by atoms with Crippen molar-refractivity contribution in [1.82, 2.24) is 29.9 Å². The molecule has 14 aliphatic rings. The summed E-state index contributed by atoms with van der Waals surface area (Å²) in [6.07, 6.45) is 16.1. The van der Waals surface area contributed by atoms with Crippen molar-refractivity contribution < 1.29 is 19.2 Å². The van der Waals surface area contributed by atoms with Crippen molar-refractivity contribution in [3.05, 3.63) is 106 Å². The topological polar surface area (TPSA) is 151 Å². The minimum Gasteiger partial charge on any atom is -0.340 e. The quantitative estimate of drug-likeness (QED) is 0.241. The van der Waals surface area contributed by atoms with Crippen LogP contribution in [0.5, 0.6) is 0 Å². The summed E-state index contributed by atoms with van der Waals surface area (Å²) in [7, 11) is 0. The Morgan fingerprint density at radius 2 is 0.808 bits per heavy atom. The normalized spacial score (nSPS) is 32.0. The molecule has 0 saturated carbocycles. The third-order valence-electron chi connectivity index (χ3n) is 11.5. The molecule has 3 aromatic rings. The largest absolute Gasteiger partial charge is 0.340 e. The number of H-pyrrole nitrogens is 2. The van der Waals surface area contributed by atoms with Gasteiger partial charge < -0.3 is 9.97 Å². The van der Waals surface area contributed by atoms with Gasteiger partial charge in [-0.15, -0.1) is 0 Å². The van der Waals surface area contributed by atoms with E-state index in [0.717, 1.165) is 55.6 Å². The maximum Gasteiger partial charge on any atom is 0.201 e. The summed E-state index contributed by atoms with van der Waals surface area (Å²) in [4.78, 5) is 81.3. The van der Waals surface area contributed by atoms with E-state index in [1.54, 1.807) is 0 Å². The highest BCUT2D eigenvalue weighted by molar-refractivity contribution is 8.15. The van der Waals surface area contributed by atoms with Gasteiger partial charge in [0.15, 0.2) is 11.6 Å². The molecule has 10 nitrogen and oxygen atoms in total. The number of carbonyl (C=O) groups is 4. The molecule has 0 saturated heterocycles. The first-order chi connectivity index (χ1) is 25.4. The molecule has 8 atom stereocenters. The van der Waals surface area contributed by atoms with Gasteiger partial charge in [0.1, 0.15) is 11.3 Å². The Hall–Kier alpha value is -4.50. The standard InChI is InChI=1S/C38H20N6O4S4/c45-35-11-1-7-21(51-35)29-23(11)15-9-17-27-19-5-3-13(37(47)49-19)25(27)32(41-17)44-34-30-22-8-2-12(36(46)52-22)24(30)16(40-34)10-18-28-20-6-4-14(38(48)50-20)26(28)31(42-18)43-33(29)39-15/h1-14,19-22H,(H,39,42,43)(H,40,41,44). The number of aromatic amines is 2. The lowest BCUT2D eigenvalue weighted by Gasteiger charge is -2.31. The Morgan fingerprint density at radius 1 is 0.423 bits per heavy atom. The first-order valence-corrected chi connectivity index (χ1v) is 20.5. The maximum absolute atomic E-state index is 13.3. The van der Waals surface area contributed by atoms with Crippen LogP contribution in [0.1, 0.15) is 67.6 Å². The Labute approximate surface area is 310 Å². The van der Waals surface area contributed by atoms with E-state index in [4.69, 9.17) is 19.9 Å². The SMILES string of the molecule is O=C1SC2C=CC1C1=C2c2cc3[nH]c(nc4nc(cc5[nH]c(nc1n2)c1c5C2C=CC1SC2=O)C1=C4C2C=CC1SC2=O)c1c3C2C=CC1SC2=O. The van der Waals surface area contributed by atoms with Crippen molar-refractivity contribution in [2.75, 3.05) is 0 Å². The zero-order valence-electron chi connectivity index (χ0n) is 26.4. The summed E-state index contributed by atoms with van der Waals surface area (Å²) in [6.45, 7) is 0. The summed E-state index contributed by atoms with van der Waals surface area (Å²) < 4.78 is 0. The Morgan fingerprint density at radius 3 is 1.23 bits per heavy atom. The number of hydrogen-bond acceptors (Lipinski definition) is 12. The van der Waals surface area contributed by atoms with Gasteiger partial charge in [0.25, 0.3) is 0 Å². The highest BCUT2D eigenvalue weighted by atomic mass is 32.2. The van der Waals surface area contributed by atoms with Crippen molar-refractivity contribution in [3.8, 4) is 0 Å². The molecule has 8 unspecified atom stereocenters. The van der Waals surface area contributed by atoms with E-state index in [1.165, 1.54) is 47.0 Å². The van der Waals surface area contributed by atoms with Crippen LogP contribution in [0.2, 0.25) is 0 Å². The van der Waals surface area contributed by atoms with E-state index >= 15 is 0 Å². The zero-order valence-corrected chi connectivity index (χ0v) is 29.7. The molecule has 0 fully saturated rings. The summed E-state index contributed by atoms with van der Waals surface area (Å²) in [5.41, 5.74) is 11.2. The number of nitrogens with zero attached hydrogens (tertiary/aromatic N) is 4. The first kappa shape index (κ1) is 29.0. The third kappa shape index (κ3) is 3.54. The highest BCUT2D eigenvalue weighted by Gasteiger charge is 2.47. The number of allylic oxidation sites excluding steroid dienone is 6. The van der Waals surface area contributed by atoms with Gasteiger partial charge in [-0.2, -0.15) is 0 Å². The van der Waals surface area contributed by atoms with Crippen LogP contribution in [0.25, 0.3) is 44.6 Å². The lowest BCUT2D eigenvalue weighted by molar-refractivity contribution is -0.112. The van der Waals surface area contributed by atoms with Gasteiger partial charge in [-0.3, -0.25) is 19.2 Å². The van der Waals surface area contributed by atoms with Gasteiger partial charge in [-0.05, 0) is 23.3 Å². The average molecular weight is 753 g/mol. The molecule has 3 aromatic heterocycles. The van der Waals surface area contributed by atoms with Crippen LogP contribution in [-0.4, -0.2) is 60.9 Å². The van der Waals surface area contributed by atoms with Gasteiger partial charge in [0.05, 0.1) is 56.1 Å². The van der Waals surface area contributed by atoms with E-state index in [-0.39, 0.29) is 41.5 Å². The summed E-state index contributed by atoms with van der Waals surface area (Å²) in [5, 5.41) is -0.578. The van der Waals surface area contributed by atoms with Crippen molar-refractivity contribution in [3.63, 3.8) is 0 Å². The molecule has 14 heteroatoms. The maximum atomic E-state index is 13.3. The molecule has 2 N–H and O–H groups in total. The molecule has 13 heterocycles. The number of nitrogens with one attached hydrogen (secondary N) is 2. The predicted molar refractivity (Wildman–Crippen MR) is 203 cm³/mol. The fourth-order valence-corrected chi connectivity index (χ4v) is 13.9. The van der Waals surface area contributed by atoms with Crippen molar-refractivity contribution in [1.29, 1.82) is 0 Å². The molecule has 4 aliphatic carbocycles. The monoisotopic (exact) mass is 752 g/mol. The van der Waals surface area contributed by atoms with Crippen molar-refractivity contribution in [2.24, 2.45) is 11.8 Å². The van der Waals surface area contributed by atoms with Crippen LogP contribution >= 0.6 is 47.0 Å². The number of hydrogen-bond donors (Lipinski definition) is 2. The van der Waals surface area contributed by atoms with Gasteiger partial charge in [-0.25, -0.2) is 19.9 Å². The molecule has 0 amide bonds. The zero-order chi connectivity index (χ0) is 34.3. The Kier molecular flexibility index (Phi) is 5.42. The molecular formula is C38H20N6O4S4. The van der Waals surface area contributed by atoms with Crippen LogP contribution in [0.15, 0.2) is 60.7 Å². The van der Waals surface area contributed by atoms with Crippen molar-refractivity contribution >= 4 is 112 Å². The highest BCUT2D eigenvalue weighted by Crippen LogP contribution is 2.57. The molecular weight excluding hydrogens is 733 g/mol. The number of thioether (sulfide) groups is 4. The average Bonchev–Trinajstić information content (AvgIpc) is 3.90. The van der Waals surface area contributed by atoms with Gasteiger partial charge in [0.2, 0.25) is 20.5 Å². The number of aromatic nitrogens is 6. The fraction of sp³-hybridized carbons (Fsp3) is 0.211. The van der Waals surface area contributed by atoms with Gasteiger partial charge in [-0.1, -0.05) is 95.7 Å². The lowest BCUT2D eigenvalue weighted by Crippen LogP contribution is -2.26. The number of fused-ring (bicyclic) bond motifs is 12. The van der Waals surface area contributed by atoms with E-state index in [1.807, 2.05) is 36.4 Å². The molecule has 0 radical (unpaired) electrons. The van der Waals surface area contributed by atoms with Crippen LogP contribution in [0.4, 0.5) is 0 Å². The second-order valence-corrected chi connectivity index (χ2v) is 18.7. The van der Waals surface area contributed by atoms with E-state index in [9.17, 15) is 19.2 Å². The third-order valence-corrected chi connectivity index (χ3v) is 16.1. The molecule has 16 bridgehead atoms. The van der Waals surface area contributed by atoms with Crippen LogP contribution < -0.4 is 0 Å². The van der Waals surface area contributed by atoms with Gasteiger partial charge in [0, 0.05) is 44.5 Å². The molecule has 250 valence electrons. The number of rotatable bonds is 0. The summed E-state index contributed by atoms with van der Waals surface area (Å²) in [5.74, 6) is -0.912. The minimum absolute atomic E-state index is 0.0673. The second kappa shape index (κ2) is 9.72. The predicted octanol–water partition coefficient (Wildman–Crippen LogP) is 6.52. The fourth-order valence-electron chi connectivity index (χ4n) is 9.38. The summed E-state index contributed by atoms with van der Waals surface area (Å²) >= 11 is 5.21. The molecule has 0 spiro atoms. The lowest BCUT2D eigenvalue weighted by atomic mass is 9.86. The Balaban J connectivity index is 1.20. The van der Waals surface area contributed by atoms with Gasteiger partial charge >= 0.3 is 0 Å². The molecule has 0 aromatic carbocycles. The minimum atomic E-state index is -0.480. The molecule has 10 aliphatic heterocycles.